The third kappa shape index (κ3) is 5.67. The number of anilines is 1. The molecule has 1 atom stereocenters. The van der Waals surface area contributed by atoms with E-state index in [1.165, 1.54) is 23.1 Å². The third-order valence-corrected chi connectivity index (χ3v) is 7.10. The highest BCUT2D eigenvalue weighted by Gasteiger charge is 2.22. The number of rotatable bonds is 7. The molecular formula is C26H23N5O2S2. The number of amides is 1. The molecule has 2 aromatic carbocycles. The molecule has 2 aromatic heterocycles. The van der Waals surface area contributed by atoms with E-state index in [4.69, 9.17) is 9.72 Å². The quantitative estimate of drug-likeness (QED) is 0.315. The van der Waals surface area contributed by atoms with Crippen LogP contribution in [-0.2, 0) is 4.79 Å². The van der Waals surface area contributed by atoms with Crippen LogP contribution in [0.1, 0.15) is 23.1 Å². The highest BCUT2D eigenvalue weighted by molar-refractivity contribution is 8.00. The fourth-order valence-corrected chi connectivity index (χ4v) is 4.88. The predicted octanol–water partition coefficient (Wildman–Crippen LogP) is 5.88. The molecule has 7 nitrogen and oxygen atoms in total. The summed E-state index contributed by atoms with van der Waals surface area (Å²) in [5.41, 5.74) is 4.82. The summed E-state index contributed by atoms with van der Waals surface area (Å²) in [4.78, 5) is 17.6. The number of aromatic nitrogens is 3. The molecule has 0 aliphatic carbocycles. The molecule has 0 aliphatic heterocycles. The second kappa shape index (κ2) is 10.7. The largest absolute Gasteiger partial charge is 0.497 e. The highest BCUT2D eigenvalue weighted by atomic mass is 32.2. The maximum Gasteiger partial charge on any atom is 0.239 e. The number of hydrogen-bond acceptors (Lipinski definition) is 8. The van der Waals surface area contributed by atoms with Gasteiger partial charge in [0.2, 0.25) is 11.0 Å². The molecule has 0 radical (unpaired) electrons. The van der Waals surface area contributed by atoms with Gasteiger partial charge >= 0.3 is 0 Å². The summed E-state index contributed by atoms with van der Waals surface area (Å²) in [6, 6.07) is 19.8. The molecule has 9 heteroatoms. The molecule has 1 amide bonds. The summed E-state index contributed by atoms with van der Waals surface area (Å²) in [6.07, 6.45) is 0. The predicted molar refractivity (Wildman–Crippen MR) is 140 cm³/mol. The molecule has 0 aliphatic rings. The first kappa shape index (κ1) is 24.4. The number of pyridine rings is 1. The Morgan fingerprint density at radius 2 is 1.77 bits per heavy atom. The number of carbonyl (C=O) groups excluding carboxylic acids is 1. The zero-order valence-electron chi connectivity index (χ0n) is 19.7. The van der Waals surface area contributed by atoms with Gasteiger partial charge in [-0.05, 0) is 56.7 Å². The monoisotopic (exact) mass is 501 g/mol. The van der Waals surface area contributed by atoms with E-state index in [0.717, 1.165) is 33.0 Å². The van der Waals surface area contributed by atoms with Gasteiger partial charge in [0.15, 0.2) is 0 Å². The first-order valence-corrected chi connectivity index (χ1v) is 12.5. The Morgan fingerprint density at radius 1 is 1.09 bits per heavy atom. The van der Waals surface area contributed by atoms with Gasteiger partial charge in [-0.1, -0.05) is 52.9 Å². The van der Waals surface area contributed by atoms with Crippen LogP contribution in [0.2, 0.25) is 0 Å². The molecule has 0 fully saturated rings. The van der Waals surface area contributed by atoms with Crippen LogP contribution in [-0.4, -0.2) is 33.4 Å². The number of aryl methyl sites for hydroxylation is 2. The minimum atomic E-state index is -0.518. The molecule has 176 valence electrons. The molecule has 0 saturated carbocycles. The van der Waals surface area contributed by atoms with Gasteiger partial charge in [-0.15, -0.1) is 10.2 Å². The molecule has 2 heterocycles. The second-order valence-corrected chi connectivity index (χ2v) is 10.3. The Kier molecular flexibility index (Phi) is 7.44. The number of nitrogens with one attached hydrogen (secondary N) is 1. The van der Waals surface area contributed by atoms with Crippen LogP contribution in [0, 0.1) is 25.2 Å². The molecule has 35 heavy (non-hydrogen) atoms. The van der Waals surface area contributed by atoms with Gasteiger partial charge in [0, 0.05) is 11.1 Å². The van der Waals surface area contributed by atoms with E-state index in [9.17, 15) is 10.1 Å². The Bertz CT molecular complexity index is 1390. The molecule has 0 bridgehead atoms. The minimum Gasteiger partial charge on any atom is -0.497 e. The van der Waals surface area contributed by atoms with E-state index in [2.05, 4.69) is 21.6 Å². The average molecular weight is 502 g/mol. The smallest absolute Gasteiger partial charge is 0.239 e. The van der Waals surface area contributed by atoms with Gasteiger partial charge in [-0.25, -0.2) is 4.98 Å². The van der Waals surface area contributed by atoms with Gasteiger partial charge in [-0.2, -0.15) is 5.26 Å². The maximum atomic E-state index is 12.8. The summed E-state index contributed by atoms with van der Waals surface area (Å²) < 4.78 is 5.28. The lowest BCUT2D eigenvalue weighted by molar-refractivity contribution is -0.115. The van der Waals surface area contributed by atoms with E-state index < -0.39 is 5.25 Å². The summed E-state index contributed by atoms with van der Waals surface area (Å²) in [5, 5.41) is 22.0. The Balaban J connectivity index is 1.75. The number of thioether (sulfide) groups is 1. The summed E-state index contributed by atoms with van der Waals surface area (Å²) >= 11 is 2.55. The molecule has 4 aromatic rings. The first-order chi connectivity index (χ1) is 16.9. The topological polar surface area (TPSA) is 101 Å². The number of methoxy groups -OCH3 is 1. The number of benzene rings is 2. The number of ether oxygens (including phenoxy) is 1. The lowest BCUT2D eigenvalue weighted by atomic mass is 9.98. The van der Waals surface area contributed by atoms with Crippen molar-refractivity contribution in [3.63, 3.8) is 0 Å². The van der Waals surface area contributed by atoms with Crippen molar-refractivity contribution in [1.82, 2.24) is 15.2 Å². The lowest BCUT2D eigenvalue weighted by Gasteiger charge is -2.15. The van der Waals surface area contributed by atoms with Crippen molar-refractivity contribution in [2.45, 2.75) is 31.0 Å². The standard InChI is InChI=1S/C26H23N5O2S2/c1-15-5-7-18(8-6-15)21-13-23(19-9-11-20(33-4)12-10-19)28-25(22(21)14-27)34-16(2)24(32)29-26-31-30-17(3)35-26/h5-13,16H,1-4H3,(H,29,31,32). The van der Waals surface area contributed by atoms with Gasteiger partial charge in [-0.3, -0.25) is 10.1 Å². The van der Waals surface area contributed by atoms with Crippen LogP contribution in [0.5, 0.6) is 5.75 Å². The fraction of sp³-hybridized carbons (Fsp3) is 0.192. The number of carbonyl (C=O) groups is 1. The zero-order valence-corrected chi connectivity index (χ0v) is 21.3. The van der Waals surface area contributed by atoms with Crippen molar-refractivity contribution in [2.24, 2.45) is 0 Å². The molecule has 0 spiro atoms. The summed E-state index contributed by atoms with van der Waals surface area (Å²) in [5.74, 6) is 0.511. The van der Waals surface area contributed by atoms with Crippen molar-refractivity contribution >= 4 is 34.1 Å². The van der Waals surface area contributed by atoms with Crippen LogP contribution >= 0.6 is 23.1 Å². The molecule has 1 unspecified atom stereocenters. The highest BCUT2D eigenvalue weighted by Crippen LogP contribution is 2.36. The van der Waals surface area contributed by atoms with E-state index in [1.54, 1.807) is 14.0 Å². The third-order valence-electron chi connectivity index (χ3n) is 5.26. The van der Waals surface area contributed by atoms with Crippen molar-refractivity contribution in [3.05, 3.63) is 70.7 Å². The van der Waals surface area contributed by atoms with E-state index in [1.807, 2.05) is 68.4 Å². The lowest BCUT2D eigenvalue weighted by Crippen LogP contribution is -2.22. The summed E-state index contributed by atoms with van der Waals surface area (Å²) in [6.45, 7) is 5.62. The normalized spacial score (nSPS) is 11.5. The minimum absolute atomic E-state index is 0.233. The maximum absolute atomic E-state index is 12.8. The molecule has 4 rings (SSSR count). The zero-order chi connectivity index (χ0) is 24.9. The van der Waals surface area contributed by atoms with Crippen LogP contribution in [0.4, 0.5) is 5.13 Å². The number of hydrogen-bond donors (Lipinski definition) is 1. The van der Waals surface area contributed by atoms with Gasteiger partial charge in [0.1, 0.15) is 21.9 Å². The molecule has 1 N–H and O–H groups in total. The second-order valence-electron chi connectivity index (χ2n) is 7.82. The SMILES string of the molecule is COc1ccc(-c2cc(-c3ccc(C)cc3)c(C#N)c(SC(C)C(=O)Nc3nnc(C)s3)n2)cc1. The number of nitrogens with zero attached hydrogens (tertiary/aromatic N) is 4. The molecular weight excluding hydrogens is 478 g/mol. The Morgan fingerprint density at radius 3 is 2.37 bits per heavy atom. The Hall–Kier alpha value is -3.74. The average Bonchev–Trinajstić information content (AvgIpc) is 3.28. The van der Waals surface area contributed by atoms with Crippen molar-refractivity contribution in [2.75, 3.05) is 12.4 Å². The van der Waals surface area contributed by atoms with Crippen molar-refractivity contribution < 1.29 is 9.53 Å². The van der Waals surface area contributed by atoms with Gasteiger partial charge in [0.25, 0.3) is 0 Å². The Labute approximate surface area is 212 Å². The van der Waals surface area contributed by atoms with Crippen LogP contribution in [0.15, 0.2) is 59.6 Å². The fourth-order valence-electron chi connectivity index (χ4n) is 3.36. The summed E-state index contributed by atoms with van der Waals surface area (Å²) in [7, 11) is 1.62. The first-order valence-electron chi connectivity index (χ1n) is 10.8. The molecule has 0 saturated heterocycles. The number of nitriles is 1. The van der Waals surface area contributed by atoms with Crippen molar-refractivity contribution in [1.29, 1.82) is 5.26 Å². The van der Waals surface area contributed by atoms with E-state index in [-0.39, 0.29) is 5.91 Å². The van der Waals surface area contributed by atoms with Crippen LogP contribution in [0.25, 0.3) is 22.4 Å². The van der Waals surface area contributed by atoms with E-state index >= 15 is 0 Å². The van der Waals surface area contributed by atoms with Crippen LogP contribution in [0.3, 0.4) is 0 Å². The van der Waals surface area contributed by atoms with E-state index in [0.29, 0.717) is 21.4 Å². The van der Waals surface area contributed by atoms with Crippen LogP contribution < -0.4 is 10.1 Å². The van der Waals surface area contributed by atoms with Gasteiger partial charge < -0.3 is 4.74 Å². The van der Waals surface area contributed by atoms with Crippen molar-refractivity contribution in [3.8, 4) is 34.2 Å². The van der Waals surface area contributed by atoms with Gasteiger partial charge in [0.05, 0.1) is 23.6 Å².